The highest BCUT2D eigenvalue weighted by molar-refractivity contribution is 9.11. The van der Waals surface area contributed by atoms with Gasteiger partial charge in [-0.25, -0.2) is 0 Å². The summed E-state index contributed by atoms with van der Waals surface area (Å²) in [7, 11) is 1.62. The zero-order valence-electron chi connectivity index (χ0n) is 11.2. The molecule has 1 aromatic rings. The Hall–Kier alpha value is -0.300. The van der Waals surface area contributed by atoms with Gasteiger partial charge < -0.3 is 15.0 Å². The van der Waals surface area contributed by atoms with Crippen LogP contribution in [0.2, 0.25) is 0 Å². The second kappa shape index (κ2) is 6.64. The van der Waals surface area contributed by atoms with Gasteiger partial charge in [0.25, 0.3) is 5.91 Å². The third kappa shape index (κ3) is 3.13. The van der Waals surface area contributed by atoms with Gasteiger partial charge in [0.15, 0.2) is 0 Å². The normalized spacial score (nSPS) is 25.0. The number of thiophene rings is 1. The van der Waals surface area contributed by atoms with Crippen LogP contribution in [0.3, 0.4) is 0 Å². The molecule has 0 spiro atoms. The number of ether oxygens (including phenoxy) is 1. The first-order valence-electron chi connectivity index (χ1n) is 6.56. The van der Waals surface area contributed by atoms with Crippen molar-refractivity contribution in [2.45, 2.75) is 31.3 Å². The van der Waals surface area contributed by atoms with Gasteiger partial charge in [-0.2, -0.15) is 0 Å². The summed E-state index contributed by atoms with van der Waals surface area (Å²) < 4.78 is 6.10. The minimum atomic E-state index is 0. The average Bonchev–Trinajstić information content (AvgIpc) is 2.78. The highest BCUT2D eigenvalue weighted by Crippen LogP contribution is 2.35. The molecule has 1 N–H and O–H groups in total. The Balaban J connectivity index is 0.00000147. The number of likely N-dealkylation sites (tertiary alicyclic amines) is 1. The van der Waals surface area contributed by atoms with Crippen molar-refractivity contribution in [2.75, 3.05) is 20.2 Å². The molecule has 0 aromatic carbocycles. The van der Waals surface area contributed by atoms with E-state index in [1.807, 2.05) is 11.0 Å². The number of amides is 1. The average molecular weight is 382 g/mol. The zero-order valence-corrected chi connectivity index (χ0v) is 14.4. The van der Waals surface area contributed by atoms with Crippen molar-refractivity contribution in [3.63, 3.8) is 0 Å². The number of methoxy groups -OCH3 is 1. The second-order valence-corrected chi connectivity index (χ2v) is 7.52. The Bertz CT molecular complexity index is 485. The molecule has 2 bridgehead atoms. The Labute approximate surface area is 137 Å². The van der Waals surface area contributed by atoms with E-state index in [4.69, 9.17) is 4.74 Å². The molecule has 112 valence electrons. The Morgan fingerprint density at radius 1 is 1.45 bits per heavy atom. The number of nitrogens with zero attached hydrogens (tertiary/aromatic N) is 1. The Kier molecular flexibility index (Phi) is 5.34. The van der Waals surface area contributed by atoms with Crippen LogP contribution in [0.5, 0.6) is 5.75 Å². The summed E-state index contributed by atoms with van der Waals surface area (Å²) >= 11 is 4.88. The third-order valence-electron chi connectivity index (χ3n) is 3.83. The lowest BCUT2D eigenvalue weighted by Crippen LogP contribution is -2.59. The standard InChI is InChI=1S/C13H17BrN2O2S.ClH/c1-18-10-5-11(19-12(10)14)13(17)16-6-8-3-2-4-9(7-16)15-8;/h5,8-9,15H,2-4,6-7H2,1H3;1H. The van der Waals surface area contributed by atoms with Crippen molar-refractivity contribution >= 4 is 45.6 Å². The molecule has 1 amide bonds. The van der Waals surface area contributed by atoms with Gasteiger partial charge in [0.05, 0.1) is 12.0 Å². The highest BCUT2D eigenvalue weighted by atomic mass is 79.9. The number of carbonyl (C=O) groups excluding carboxylic acids is 1. The lowest BCUT2D eigenvalue weighted by Gasteiger charge is -2.42. The molecule has 0 radical (unpaired) electrons. The fourth-order valence-electron chi connectivity index (χ4n) is 2.92. The smallest absolute Gasteiger partial charge is 0.264 e. The van der Waals surface area contributed by atoms with Crippen molar-refractivity contribution in [1.29, 1.82) is 0 Å². The highest BCUT2D eigenvalue weighted by Gasteiger charge is 2.33. The number of hydrogen-bond acceptors (Lipinski definition) is 4. The van der Waals surface area contributed by atoms with Crippen LogP contribution in [0.15, 0.2) is 9.85 Å². The van der Waals surface area contributed by atoms with Crippen molar-refractivity contribution in [3.05, 3.63) is 14.7 Å². The van der Waals surface area contributed by atoms with Gasteiger partial charge in [-0.1, -0.05) is 6.42 Å². The zero-order chi connectivity index (χ0) is 13.4. The van der Waals surface area contributed by atoms with Gasteiger partial charge in [0.2, 0.25) is 0 Å². The van der Waals surface area contributed by atoms with Gasteiger partial charge >= 0.3 is 0 Å². The van der Waals surface area contributed by atoms with Crippen molar-refractivity contribution in [1.82, 2.24) is 10.2 Å². The van der Waals surface area contributed by atoms with Crippen molar-refractivity contribution in [3.8, 4) is 5.75 Å². The van der Waals surface area contributed by atoms with E-state index in [2.05, 4.69) is 21.2 Å². The molecule has 2 saturated heterocycles. The number of fused-ring (bicyclic) bond motifs is 2. The largest absolute Gasteiger partial charge is 0.495 e. The van der Waals surface area contributed by atoms with Gasteiger partial charge in [-0.3, -0.25) is 4.79 Å². The summed E-state index contributed by atoms with van der Waals surface area (Å²) in [6, 6.07) is 2.78. The maximum absolute atomic E-state index is 12.5. The fraction of sp³-hybridized carbons (Fsp3) is 0.615. The number of piperidine rings is 1. The molecule has 7 heteroatoms. The summed E-state index contributed by atoms with van der Waals surface area (Å²) in [5.74, 6) is 0.871. The molecule has 2 unspecified atom stereocenters. The molecular formula is C13H18BrClN2O2S. The molecule has 1 aromatic heterocycles. The van der Waals surface area contributed by atoms with E-state index < -0.39 is 0 Å². The first-order chi connectivity index (χ1) is 9.17. The maximum Gasteiger partial charge on any atom is 0.264 e. The van der Waals surface area contributed by atoms with Crippen LogP contribution in [0, 0.1) is 0 Å². The second-order valence-electron chi connectivity index (χ2n) is 5.15. The van der Waals surface area contributed by atoms with Crippen LogP contribution < -0.4 is 10.1 Å². The van der Waals surface area contributed by atoms with Crippen LogP contribution in [-0.2, 0) is 0 Å². The van der Waals surface area contributed by atoms with Crippen molar-refractivity contribution in [2.24, 2.45) is 0 Å². The molecule has 4 nitrogen and oxygen atoms in total. The lowest BCUT2D eigenvalue weighted by atomic mass is 9.94. The minimum absolute atomic E-state index is 0. The van der Waals surface area contributed by atoms with Gasteiger partial charge in [-0.05, 0) is 28.8 Å². The quantitative estimate of drug-likeness (QED) is 0.856. The van der Waals surface area contributed by atoms with Gasteiger partial charge in [0, 0.05) is 31.2 Å². The Morgan fingerprint density at radius 2 is 2.10 bits per heavy atom. The van der Waals surface area contributed by atoms with E-state index in [1.54, 1.807) is 7.11 Å². The molecule has 2 atom stereocenters. The maximum atomic E-state index is 12.5. The number of rotatable bonds is 2. The summed E-state index contributed by atoms with van der Waals surface area (Å²) in [6.45, 7) is 1.65. The van der Waals surface area contributed by atoms with Crippen LogP contribution in [-0.4, -0.2) is 43.1 Å². The first-order valence-corrected chi connectivity index (χ1v) is 8.17. The summed E-state index contributed by atoms with van der Waals surface area (Å²) in [5, 5.41) is 3.59. The van der Waals surface area contributed by atoms with Crippen molar-refractivity contribution < 1.29 is 9.53 Å². The molecular weight excluding hydrogens is 364 g/mol. The van der Waals surface area contributed by atoms with E-state index >= 15 is 0 Å². The Morgan fingerprint density at radius 3 is 2.65 bits per heavy atom. The summed E-state index contributed by atoms with van der Waals surface area (Å²) in [5.41, 5.74) is 0. The predicted molar refractivity (Wildman–Crippen MR) is 86.3 cm³/mol. The number of carbonyl (C=O) groups is 1. The number of hydrogen-bond donors (Lipinski definition) is 1. The van der Waals surface area contributed by atoms with E-state index in [0.717, 1.165) is 27.5 Å². The molecule has 3 heterocycles. The fourth-order valence-corrected chi connectivity index (χ4v) is 4.54. The molecule has 20 heavy (non-hydrogen) atoms. The number of nitrogens with one attached hydrogen (secondary N) is 1. The first kappa shape index (κ1) is 16.1. The number of piperazine rings is 1. The molecule has 0 saturated carbocycles. The SMILES string of the molecule is COc1cc(C(=O)N2CC3CCCC(C2)N3)sc1Br.Cl. The monoisotopic (exact) mass is 380 g/mol. The predicted octanol–water partition coefficient (Wildman–Crippen LogP) is 2.91. The molecule has 2 aliphatic heterocycles. The summed E-state index contributed by atoms with van der Waals surface area (Å²) in [6.07, 6.45) is 3.64. The molecule has 0 aliphatic carbocycles. The van der Waals surface area contributed by atoms with Crippen LogP contribution in [0.25, 0.3) is 0 Å². The van der Waals surface area contributed by atoms with E-state index in [1.165, 1.54) is 30.6 Å². The van der Waals surface area contributed by atoms with Gasteiger partial charge in [0.1, 0.15) is 9.54 Å². The van der Waals surface area contributed by atoms with E-state index in [0.29, 0.717) is 12.1 Å². The third-order valence-corrected chi connectivity index (χ3v) is 5.60. The number of halogens is 2. The molecule has 3 rings (SSSR count). The lowest BCUT2D eigenvalue weighted by molar-refractivity contribution is 0.0613. The minimum Gasteiger partial charge on any atom is -0.495 e. The summed E-state index contributed by atoms with van der Waals surface area (Å²) in [4.78, 5) is 15.3. The van der Waals surface area contributed by atoms with E-state index in [-0.39, 0.29) is 18.3 Å². The topological polar surface area (TPSA) is 41.6 Å². The van der Waals surface area contributed by atoms with E-state index in [9.17, 15) is 4.79 Å². The van der Waals surface area contributed by atoms with Crippen LogP contribution >= 0.6 is 39.7 Å². The van der Waals surface area contributed by atoms with Gasteiger partial charge in [-0.15, -0.1) is 23.7 Å². The van der Waals surface area contributed by atoms with Crippen LogP contribution in [0.1, 0.15) is 28.9 Å². The molecule has 2 fully saturated rings. The molecule has 2 aliphatic rings. The van der Waals surface area contributed by atoms with Crippen LogP contribution in [0.4, 0.5) is 0 Å².